The lowest BCUT2D eigenvalue weighted by Gasteiger charge is -2.19. The van der Waals surface area contributed by atoms with Crippen molar-refractivity contribution in [1.82, 2.24) is 5.32 Å². The third kappa shape index (κ3) is 4.91. The van der Waals surface area contributed by atoms with Gasteiger partial charge in [-0.15, -0.1) is 0 Å². The molecule has 0 saturated heterocycles. The molecule has 1 amide bonds. The first kappa shape index (κ1) is 19.6. The van der Waals surface area contributed by atoms with E-state index in [4.69, 9.17) is 14.2 Å². The summed E-state index contributed by atoms with van der Waals surface area (Å²) in [5.74, 6) is 1.87. The minimum absolute atomic E-state index is 0.0201. The van der Waals surface area contributed by atoms with E-state index in [1.807, 2.05) is 57.2 Å². The first-order valence-corrected chi connectivity index (χ1v) is 8.69. The number of carbonyl (C=O) groups is 1. The molecule has 0 bridgehead atoms. The van der Waals surface area contributed by atoms with E-state index in [1.54, 1.807) is 14.2 Å². The summed E-state index contributed by atoms with van der Waals surface area (Å²) in [7, 11) is 3.19. The number of rotatable bonds is 8. The lowest BCUT2D eigenvalue weighted by atomic mass is 10.0. The number of hydrogen-bond acceptors (Lipinski definition) is 4. The number of benzene rings is 2. The van der Waals surface area contributed by atoms with Crippen LogP contribution >= 0.6 is 0 Å². The van der Waals surface area contributed by atoms with Crippen molar-refractivity contribution in [2.45, 2.75) is 33.2 Å². The summed E-state index contributed by atoms with van der Waals surface area (Å²) in [6.07, 6.45) is 0.755. The summed E-state index contributed by atoms with van der Waals surface area (Å²) < 4.78 is 16.3. The highest BCUT2D eigenvalue weighted by Gasteiger charge is 2.16. The average Bonchev–Trinajstić information content (AvgIpc) is 2.64. The zero-order chi connectivity index (χ0) is 19.1. The van der Waals surface area contributed by atoms with Crippen LogP contribution in [0.3, 0.4) is 0 Å². The molecule has 2 aromatic carbocycles. The molecule has 0 aliphatic heterocycles. The van der Waals surface area contributed by atoms with Gasteiger partial charge >= 0.3 is 0 Å². The lowest BCUT2D eigenvalue weighted by Crippen LogP contribution is -2.32. The number of amides is 1. The van der Waals surface area contributed by atoms with Crippen molar-refractivity contribution in [3.8, 4) is 17.2 Å². The van der Waals surface area contributed by atoms with Crippen molar-refractivity contribution in [1.29, 1.82) is 0 Å². The van der Waals surface area contributed by atoms with E-state index in [0.29, 0.717) is 11.5 Å². The largest absolute Gasteiger partial charge is 0.493 e. The molecule has 0 aliphatic carbocycles. The van der Waals surface area contributed by atoms with Crippen LogP contribution in [0.25, 0.3) is 0 Å². The number of hydrogen-bond donors (Lipinski definition) is 1. The Kier molecular flexibility index (Phi) is 6.89. The summed E-state index contributed by atoms with van der Waals surface area (Å²) in [5, 5.41) is 3.01. The SMILES string of the molecule is CCC(NC(=O)COc1ccc(C)cc1C)c1ccc(OC)c(OC)c1. The van der Waals surface area contributed by atoms with Gasteiger partial charge in [0.25, 0.3) is 5.91 Å². The first-order valence-electron chi connectivity index (χ1n) is 8.69. The fraction of sp³-hybridized carbons (Fsp3) is 0.381. The molecule has 0 aromatic heterocycles. The van der Waals surface area contributed by atoms with E-state index in [-0.39, 0.29) is 18.6 Å². The topological polar surface area (TPSA) is 56.8 Å². The minimum atomic E-state index is -0.161. The van der Waals surface area contributed by atoms with E-state index in [2.05, 4.69) is 5.32 Å². The third-order valence-corrected chi connectivity index (χ3v) is 4.24. The van der Waals surface area contributed by atoms with Gasteiger partial charge in [0.15, 0.2) is 18.1 Å². The molecule has 0 fully saturated rings. The first-order chi connectivity index (χ1) is 12.5. The second-order valence-electron chi connectivity index (χ2n) is 6.20. The Balaban J connectivity index is 2.01. The Morgan fingerprint density at radius 2 is 1.69 bits per heavy atom. The molecular formula is C21H27NO4. The Morgan fingerprint density at radius 3 is 2.31 bits per heavy atom. The van der Waals surface area contributed by atoms with Crippen LogP contribution in [0.1, 0.15) is 36.1 Å². The van der Waals surface area contributed by atoms with Gasteiger partial charge < -0.3 is 19.5 Å². The van der Waals surface area contributed by atoms with Gasteiger partial charge in [-0.3, -0.25) is 4.79 Å². The highest BCUT2D eigenvalue weighted by molar-refractivity contribution is 5.78. The van der Waals surface area contributed by atoms with Crippen molar-refractivity contribution < 1.29 is 19.0 Å². The monoisotopic (exact) mass is 357 g/mol. The molecule has 0 heterocycles. The van der Waals surface area contributed by atoms with E-state index >= 15 is 0 Å². The molecule has 0 spiro atoms. The van der Waals surface area contributed by atoms with Crippen molar-refractivity contribution in [2.75, 3.05) is 20.8 Å². The van der Waals surface area contributed by atoms with Gasteiger partial charge in [-0.05, 0) is 49.6 Å². The molecule has 1 unspecified atom stereocenters. The van der Waals surface area contributed by atoms with Gasteiger partial charge in [0, 0.05) is 0 Å². The summed E-state index contributed by atoms with van der Waals surface area (Å²) in [6, 6.07) is 11.4. The van der Waals surface area contributed by atoms with Crippen molar-refractivity contribution in [3.63, 3.8) is 0 Å². The fourth-order valence-electron chi connectivity index (χ4n) is 2.83. The average molecular weight is 357 g/mol. The number of methoxy groups -OCH3 is 2. The second-order valence-corrected chi connectivity index (χ2v) is 6.20. The Labute approximate surface area is 155 Å². The van der Waals surface area contributed by atoms with Crippen molar-refractivity contribution >= 4 is 5.91 Å². The number of nitrogens with one attached hydrogen (secondary N) is 1. The molecule has 2 rings (SSSR count). The molecule has 2 aromatic rings. The summed E-state index contributed by atoms with van der Waals surface area (Å²) in [4.78, 5) is 12.3. The smallest absolute Gasteiger partial charge is 0.258 e. The van der Waals surface area contributed by atoms with Gasteiger partial charge in [-0.2, -0.15) is 0 Å². The number of carbonyl (C=O) groups excluding carboxylic acids is 1. The predicted octanol–water partition coefficient (Wildman–Crippen LogP) is 3.97. The highest BCUT2D eigenvalue weighted by atomic mass is 16.5. The third-order valence-electron chi connectivity index (χ3n) is 4.24. The van der Waals surface area contributed by atoms with Crippen LogP contribution in [0.15, 0.2) is 36.4 Å². The molecular weight excluding hydrogens is 330 g/mol. The minimum Gasteiger partial charge on any atom is -0.493 e. The standard InChI is InChI=1S/C21H27NO4/c1-6-17(16-8-10-19(24-4)20(12-16)25-5)22-21(23)13-26-18-9-7-14(2)11-15(18)3/h7-12,17H,6,13H2,1-5H3,(H,22,23). The Bertz CT molecular complexity index is 758. The van der Waals surface area contributed by atoms with Crippen LogP contribution in [-0.2, 0) is 4.79 Å². The van der Waals surface area contributed by atoms with Crippen LogP contribution in [-0.4, -0.2) is 26.7 Å². The lowest BCUT2D eigenvalue weighted by molar-refractivity contribution is -0.123. The highest BCUT2D eigenvalue weighted by Crippen LogP contribution is 2.30. The van der Waals surface area contributed by atoms with Crippen LogP contribution in [0.5, 0.6) is 17.2 Å². The molecule has 0 radical (unpaired) electrons. The molecule has 5 nitrogen and oxygen atoms in total. The van der Waals surface area contributed by atoms with E-state index in [0.717, 1.165) is 23.3 Å². The fourth-order valence-corrected chi connectivity index (χ4v) is 2.83. The van der Waals surface area contributed by atoms with Gasteiger partial charge in [-0.25, -0.2) is 0 Å². The van der Waals surface area contributed by atoms with Gasteiger partial charge in [0.2, 0.25) is 0 Å². The van der Waals surface area contributed by atoms with E-state index < -0.39 is 0 Å². The van der Waals surface area contributed by atoms with Gasteiger partial charge in [0.05, 0.1) is 20.3 Å². The van der Waals surface area contributed by atoms with Crippen LogP contribution in [0.4, 0.5) is 0 Å². The summed E-state index contributed by atoms with van der Waals surface area (Å²) in [5.41, 5.74) is 3.15. The maximum atomic E-state index is 12.3. The van der Waals surface area contributed by atoms with E-state index in [1.165, 1.54) is 5.56 Å². The quantitative estimate of drug-likeness (QED) is 0.777. The molecule has 26 heavy (non-hydrogen) atoms. The normalized spacial score (nSPS) is 11.6. The van der Waals surface area contributed by atoms with Gasteiger partial charge in [0.1, 0.15) is 5.75 Å². The maximum Gasteiger partial charge on any atom is 0.258 e. The second kappa shape index (κ2) is 9.13. The van der Waals surface area contributed by atoms with Crippen molar-refractivity contribution in [2.24, 2.45) is 0 Å². The van der Waals surface area contributed by atoms with E-state index in [9.17, 15) is 4.79 Å². The Morgan fingerprint density at radius 1 is 1.00 bits per heavy atom. The van der Waals surface area contributed by atoms with Crippen LogP contribution in [0.2, 0.25) is 0 Å². The summed E-state index contributed by atoms with van der Waals surface area (Å²) >= 11 is 0. The van der Waals surface area contributed by atoms with Gasteiger partial charge in [-0.1, -0.05) is 30.7 Å². The number of ether oxygens (including phenoxy) is 3. The zero-order valence-electron chi connectivity index (χ0n) is 16.1. The van der Waals surface area contributed by atoms with Crippen LogP contribution < -0.4 is 19.5 Å². The predicted molar refractivity (Wildman–Crippen MR) is 102 cm³/mol. The molecule has 1 atom stereocenters. The Hall–Kier alpha value is -2.69. The molecule has 0 aliphatic rings. The molecule has 5 heteroatoms. The number of aryl methyl sites for hydroxylation is 2. The zero-order valence-corrected chi connectivity index (χ0v) is 16.1. The molecule has 140 valence electrons. The molecule has 1 N–H and O–H groups in total. The van der Waals surface area contributed by atoms with Crippen molar-refractivity contribution in [3.05, 3.63) is 53.1 Å². The maximum absolute atomic E-state index is 12.3. The van der Waals surface area contributed by atoms with Crippen LogP contribution in [0, 0.1) is 13.8 Å². The summed E-state index contributed by atoms with van der Waals surface area (Å²) in [6.45, 7) is 6.00. The molecule has 0 saturated carbocycles.